The second kappa shape index (κ2) is 5.24. The van der Waals surface area contributed by atoms with Gasteiger partial charge in [-0.15, -0.1) is 11.6 Å². The molecular formula is C15H22ClNO. The van der Waals surface area contributed by atoms with E-state index in [4.69, 9.17) is 11.6 Å². The van der Waals surface area contributed by atoms with E-state index in [1.165, 1.54) is 32.1 Å². The molecule has 4 fully saturated rings. The number of rotatable bonds is 4. The van der Waals surface area contributed by atoms with Crippen molar-refractivity contribution in [2.45, 2.75) is 32.1 Å². The van der Waals surface area contributed by atoms with E-state index in [0.717, 1.165) is 11.8 Å². The monoisotopic (exact) mass is 267 g/mol. The van der Waals surface area contributed by atoms with Crippen LogP contribution in [0.1, 0.15) is 32.1 Å². The maximum Gasteiger partial charge on any atom is 0.223 e. The quantitative estimate of drug-likeness (QED) is 0.616. The van der Waals surface area contributed by atoms with Crippen molar-refractivity contribution in [3.63, 3.8) is 0 Å². The maximum atomic E-state index is 12.3. The zero-order valence-corrected chi connectivity index (χ0v) is 11.5. The van der Waals surface area contributed by atoms with Crippen molar-refractivity contribution in [1.82, 2.24) is 5.32 Å². The highest BCUT2D eigenvalue weighted by Crippen LogP contribution is 2.56. The molecule has 2 nitrogen and oxygen atoms in total. The van der Waals surface area contributed by atoms with Gasteiger partial charge in [-0.3, -0.25) is 4.79 Å². The van der Waals surface area contributed by atoms with E-state index in [0.29, 0.717) is 36.1 Å². The van der Waals surface area contributed by atoms with Gasteiger partial charge in [0.15, 0.2) is 0 Å². The summed E-state index contributed by atoms with van der Waals surface area (Å²) in [6, 6.07) is 0. The molecule has 0 spiro atoms. The molecule has 1 amide bonds. The lowest BCUT2D eigenvalue weighted by Gasteiger charge is -2.53. The third-order valence-corrected chi connectivity index (χ3v) is 5.36. The van der Waals surface area contributed by atoms with E-state index in [-0.39, 0.29) is 0 Å². The smallest absolute Gasteiger partial charge is 0.223 e. The molecule has 3 heteroatoms. The van der Waals surface area contributed by atoms with Gasteiger partial charge in [0.05, 0.1) is 0 Å². The second-order valence-electron chi connectivity index (χ2n) is 6.33. The fourth-order valence-corrected chi connectivity index (χ4v) is 4.90. The lowest BCUT2D eigenvalue weighted by Crippen LogP contribution is -2.51. The lowest BCUT2D eigenvalue weighted by atomic mass is 9.51. The Bertz CT molecular complexity index is 324. The number of carbonyl (C=O) groups is 1. The number of alkyl halides is 1. The number of hydrogen-bond donors (Lipinski definition) is 1. The molecule has 0 aromatic carbocycles. The molecule has 18 heavy (non-hydrogen) atoms. The Morgan fingerprint density at radius 1 is 1.06 bits per heavy atom. The van der Waals surface area contributed by atoms with Crippen molar-refractivity contribution in [2.24, 2.45) is 29.6 Å². The maximum absolute atomic E-state index is 12.3. The molecule has 0 heterocycles. The fourth-order valence-electron chi connectivity index (χ4n) is 4.78. The van der Waals surface area contributed by atoms with Gasteiger partial charge in [-0.1, -0.05) is 12.2 Å². The molecule has 0 radical (unpaired) electrons. The minimum atomic E-state index is 0.294. The third kappa shape index (κ3) is 2.32. The van der Waals surface area contributed by atoms with Gasteiger partial charge in [-0.25, -0.2) is 0 Å². The van der Waals surface area contributed by atoms with Crippen LogP contribution in [-0.2, 0) is 4.79 Å². The van der Waals surface area contributed by atoms with Crippen LogP contribution in [0.15, 0.2) is 12.2 Å². The predicted molar refractivity (Wildman–Crippen MR) is 73.4 cm³/mol. The van der Waals surface area contributed by atoms with E-state index < -0.39 is 0 Å². The van der Waals surface area contributed by atoms with Crippen molar-refractivity contribution in [3.8, 4) is 0 Å². The average Bonchev–Trinajstić information content (AvgIpc) is 2.33. The summed E-state index contributed by atoms with van der Waals surface area (Å²) in [6.07, 6.45) is 10.5. The molecular weight excluding hydrogens is 246 g/mol. The number of hydrogen-bond acceptors (Lipinski definition) is 1. The summed E-state index contributed by atoms with van der Waals surface area (Å²) in [6.45, 7) is 0.633. The Hall–Kier alpha value is -0.500. The van der Waals surface area contributed by atoms with Gasteiger partial charge in [0.25, 0.3) is 0 Å². The van der Waals surface area contributed by atoms with E-state index in [9.17, 15) is 4.79 Å². The number of amides is 1. The van der Waals surface area contributed by atoms with E-state index in [1.54, 1.807) is 0 Å². The molecule has 0 aromatic rings. The summed E-state index contributed by atoms with van der Waals surface area (Å²) in [4.78, 5) is 12.3. The van der Waals surface area contributed by atoms with Gasteiger partial charge in [0.2, 0.25) is 5.91 Å². The Balaban J connectivity index is 1.59. The lowest BCUT2D eigenvalue weighted by molar-refractivity contribution is -0.137. The van der Waals surface area contributed by atoms with Gasteiger partial charge in [-0.05, 0) is 55.8 Å². The zero-order chi connectivity index (χ0) is 12.5. The zero-order valence-electron chi connectivity index (χ0n) is 10.8. The molecule has 4 saturated carbocycles. The topological polar surface area (TPSA) is 29.1 Å². The van der Waals surface area contributed by atoms with Gasteiger partial charge < -0.3 is 5.32 Å². The minimum absolute atomic E-state index is 0.294. The Morgan fingerprint density at radius 2 is 1.67 bits per heavy atom. The molecule has 4 aliphatic rings. The van der Waals surface area contributed by atoms with Crippen LogP contribution in [0, 0.1) is 29.6 Å². The third-order valence-electron chi connectivity index (χ3n) is 5.18. The van der Waals surface area contributed by atoms with Crippen molar-refractivity contribution in [2.75, 3.05) is 12.4 Å². The van der Waals surface area contributed by atoms with Gasteiger partial charge in [-0.2, -0.15) is 0 Å². The molecule has 4 rings (SSSR count). The Kier molecular flexibility index (Phi) is 3.65. The largest absolute Gasteiger partial charge is 0.352 e. The summed E-state index contributed by atoms with van der Waals surface area (Å²) in [5, 5.41) is 3.06. The second-order valence-corrected chi connectivity index (χ2v) is 6.64. The SMILES string of the molecule is O=C(NC/C=C/CCl)C1C2CC3CC(C2)CC1C3. The molecule has 1 N–H and O–H groups in total. The first-order valence-electron chi connectivity index (χ1n) is 7.26. The first kappa shape index (κ1) is 12.5. The van der Waals surface area contributed by atoms with Crippen LogP contribution in [-0.4, -0.2) is 18.3 Å². The summed E-state index contributed by atoms with van der Waals surface area (Å²) in [5.41, 5.74) is 0. The summed E-state index contributed by atoms with van der Waals surface area (Å²) >= 11 is 5.56. The summed E-state index contributed by atoms with van der Waals surface area (Å²) in [5.74, 6) is 4.36. The molecule has 4 bridgehead atoms. The molecule has 0 aromatic heterocycles. The van der Waals surface area contributed by atoms with Crippen LogP contribution in [0.4, 0.5) is 0 Å². The van der Waals surface area contributed by atoms with Crippen molar-refractivity contribution < 1.29 is 4.79 Å². The number of carbonyl (C=O) groups excluding carboxylic acids is 1. The van der Waals surface area contributed by atoms with E-state index in [1.807, 2.05) is 12.2 Å². The highest BCUT2D eigenvalue weighted by Gasteiger charge is 2.50. The Morgan fingerprint density at radius 3 is 2.22 bits per heavy atom. The highest BCUT2D eigenvalue weighted by molar-refractivity contribution is 6.18. The van der Waals surface area contributed by atoms with Gasteiger partial charge in [0, 0.05) is 18.3 Å². The minimum Gasteiger partial charge on any atom is -0.352 e. The highest BCUT2D eigenvalue weighted by atomic mass is 35.5. The van der Waals surface area contributed by atoms with Crippen LogP contribution < -0.4 is 5.32 Å². The van der Waals surface area contributed by atoms with Gasteiger partial charge in [0.1, 0.15) is 0 Å². The number of allylic oxidation sites excluding steroid dienone is 1. The summed E-state index contributed by atoms with van der Waals surface area (Å²) in [7, 11) is 0. The normalized spacial score (nSPS) is 41.5. The molecule has 0 unspecified atom stereocenters. The molecule has 0 atom stereocenters. The molecule has 0 saturated heterocycles. The fraction of sp³-hybridized carbons (Fsp3) is 0.800. The van der Waals surface area contributed by atoms with Crippen molar-refractivity contribution in [1.29, 1.82) is 0 Å². The first-order chi connectivity index (χ1) is 8.78. The average molecular weight is 268 g/mol. The standard InChI is InChI=1S/C15H22ClNO/c16-3-1-2-4-17-15(18)14-12-6-10-5-11(8-12)9-13(14)7-10/h1-2,10-14H,3-9H2,(H,17,18)/b2-1+. The van der Waals surface area contributed by atoms with Crippen LogP contribution in [0.5, 0.6) is 0 Å². The van der Waals surface area contributed by atoms with Gasteiger partial charge >= 0.3 is 0 Å². The van der Waals surface area contributed by atoms with Crippen LogP contribution in [0.3, 0.4) is 0 Å². The number of nitrogens with one attached hydrogen (secondary N) is 1. The Labute approximate surface area is 114 Å². The van der Waals surface area contributed by atoms with Crippen molar-refractivity contribution in [3.05, 3.63) is 12.2 Å². The summed E-state index contributed by atoms with van der Waals surface area (Å²) < 4.78 is 0. The van der Waals surface area contributed by atoms with Crippen LogP contribution in [0.25, 0.3) is 0 Å². The molecule has 0 aliphatic heterocycles. The van der Waals surface area contributed by atoms with Crippen molar-refractivity contribution >= 4 is 17.5 Å². The van der Waals surface area contributed by atoms with E-state index >= 15 is 0 Å². The van der Waals surface area contributed by atoms with Crippen LogP contribution in [0.2, 0.25) is 0 Å². The van der Waals surface area contributed by atoms with E-state index in [2.05, 4.69) is 5.32 Å². The molecule has 100 valence electrons. The number of halogens is 1. The first-order valence-corrected chi connectivity index (χ1v) is 7.80. The molecule has 4 aliphatic carbocycles. The van der Waals surface area contributed by atoms with Crippen LogP contribution >= 0.6 is 11.6 Å². The predicted octanol–water partition coefficient (Wildman–Crippen LogP) is 2.97.